The lowest BCUT2D eigenvalue weighted by Gasteiger charge is -2.13. The monoisotopic (exact) mass is 238 g/mol. The van der Waals surface area contributed by atoms with E-state index in [9.17, 15) is 4.79 Å². The number of fused-ring (bicyclic) bond motifs is 1. The van der Waals surface area contributed by atoms with Gasteiger partial charge in [0.05, 0.1) is 13.2 Å². The highest BCUT2D eigenvalue weighted by Gasteiger charge is 2.26. The van der Waals surface area contributed by atoms with Gasteiger partial charge >= 0.3 is 5.91 Å². The van der Waals surface area contributed by atoms with Crippen LogP contribution in [-0.2, 0) is 9.53 Å². The summed E-state index contributed by atoms with van der Waals surface area (Å²) in [6.45, 7) is -0.720. The molecular formula is C9H10N4O4. The van der Waals surface area contributed by atoms with Gasteiger partial charge < -0.3 is 14.9 Å². The molecule has 0 aromatic heterocycles. The van der Waals surface area contributed by atoms with Crippen LogP contribution < -0.4 is 0 Å². The van der Waals surface area contributed by atoms with Crippen LogP contribution in [0, 0.1) is 0 Å². The van der Waals surface area contributed by atoms with Crippen molar-refractivity contribution in [3.63, 3.8) is 0 Å². The predicted octanol–water partition coefficient (Wildman–Crippen LogP) is -1.82. The zero-order valence-corrected chi connectivity index (χ0v) is 8.78. The molecule has 0 aromatic rings. The quantitative estimate of drug-likeness (QED) is 0.586. The summed E-state index contributed by atoms with van der Waals surface area (Å²) in [7, 11) is 0. The number of hydrogen-bond donors (Lipinski definition) is 2. The summed E-state index contributed by atoms with van der Waals surface area (Å²) in [5.74, 6) is -0.154. The van der Waals surface area contributed by atoms with Gasteiger partial charge in [0.2, 0.25) is 0 Å². The molecule has 0 fully saturated rings. The molecule has 0 atom stereocenters. The van der Waals surface area contributed by atoms with Gasteiger partial charge in [0.15, 0.2) is 17.4 Å². The number of ether oxygens (including phenoxy) is 1. The normalized spacial score (nSPS) is 18.1. The smallest absolute Gasteiger partial charge is 0.301 e. The summed E-state index contributed by atoms with van der Waals surface area (Å²) < 4.78 is 5.09. The van der Waals surface area contributed by atoms with Crippen molar-refractivity contribution in [2.24, 2.45) is 20.0 Å². The molecule has 0 bridgehead atoms. The van der Waals surface area contributed by atoms with Crippen LogP contribution in [-0.4, -0.2) is 65.8 Å². The largest absolute Gasteiger partial charge is 0.394 e. The summed E-state index contributed by atoms with van der Waals surface area (Å²) in [6, 6.07) is 0. The summed E-state index contributed by atoms with van der Waals surface area (Å²) in [6.07, 6.45) is 0.519. The van der Waals surface area contributed by atoms with Gasteiger partial charge in [-0.3, -0.25) is 4.79 Å². The Morgan fingerprint density at radius 1 is 1.29 bits per heavy atom. The Balaban J connectivity index is 2.01. The van der Waals surface area contributed by atoms with Crippen LogP contribution in [0.25, 0.3) is 0 Å². The Labute approximate surface area is 96.1 Å². The second-order valence-corrected chi connectivity index (χ2v) is 3.29. The van der Waals surface area contributed by atoms with Gasteiger partial charge in [-0.2, -0.15) is 4.99 Å². The number of rotatable bonds is 5. The zero-order valence-electron chi connectivity index (χ0n) is 8.78. The average Bonchev–Trinajstić information content (AvgIpc) is 2.79. The molecule has 0 radical (unpaired) electrons. The first-order valence-corrected chi connectivity index (χ1v) is 4.89. The van der Waals surface area contributed by atoms with E-state index in [1.807, 2.05) is 0 Å². The lowest BCUT2D eigenvalue weighted by atomic mass is 10.3. The Bertz CT molecular complexity index is 448. The van der Waals surface area contributed by atoms with Gasteiger partial charge in [0, 0.05) is 0 Å². The van der Waals surface area contributed by atoms with Gasteiger partial charge in [-0.1, -0.05) is 0 Å². The number of aliphatic imine (C=N–C) groups is 4. The fourth-order valence-electron chi connectivity index (χ4n) is 1.23. The highest BCUT2D eigenvalue weighted by molar-refractivity contribution is 6.71. The standard InChI is InChI=1S/C9H10N4O4/c14-1-5(2-15)17-3-6-12-8-7(9(16)13-6)10-4-11-8/h4-5,14-15H,1-3H2. The highest BCUT2D eigenvalue weighted by atomic mass is 16.5. The fourth-order valence-corrected chi connectivity index (χ4v) is 1.23. The molecule has 2 aliphatic rings. The molecule has 2 rings (SSSR count). The molecule has 90 valence electrons. The summed E-state index contributed by atoms with van der Waals surface area (Å²) in [4.78, 5) is 26.6. The first-order valence-electron chi connectivity index (χ1n) is 4.89. The Morgan fingerprint density at radius 2 is 2.06 bits per heavy atom. The zero-order chi connectivity index (χ0) is 12.3. The molecule has 0 saturated heterocycles. The van der Waals surface area contributed by atoms with E-state index in [1.54, 1.807) is 0 Å². The van der Waals surface area contributed by atoms with Crippen LogP contribution in [0.4, 0.5) is 0 Å². The van der Waals surface area contributed by atoms with E-state index in [0.29, 0.717) is 0 Å². The molecule has 17 heavy (non-hydrogen) atoms. The van der Waals surface area contributed by atoms with Gasteiger partial charge in [-0.25, -0.2) is 15.0 Å². The van der Waals surface area contributed by atoms with Crippen LogP contribution in [0.2, 0.25) is 0 Å². The second kappa shape index (κ2) is 5.04. The average molecular weight is 238 g/mol. The van der Waals surface area contributed by atoms with E-state index in [-0.39, 0.29) is 37.2 Å². The number of aliphatic hydroxyl groups excluding tert-OH is 2. The molecular weight excluding hydrogens is 228 g/mol. The topological polar surface area (TPSA) is 116 Å². The Kier molecular flexibility index (Phi) is 3.47. The van der Waals surface area contributed by atoms with Crippen molar-refractivity contribution in [2.45, 2.75) is 6.10 Å². The van der Waals surface area contributed by atoms with Crippen molar-refractivity contribution in [3.05, 3.63) is 0 Å². The fraction of sp³-hybridized carbons (Fsp3) is 0.444. The summed E-state index contributed by atoms with van der Waals surface area (Å²) in [5.41, 5.74) is 0.120. The van der Waals surface area contributed by atoms with E-state index < -0.39 is 12.0 Å². The molecule has 0 aliphatic carbocycles. The number of nitrogens with zero attached hydrogens (tertiary/aromatic N) is 4. The van der Waals surface area contributed by atoms with Crippen LogP contribution in [0.3, 0.4) is 0 Å². The first kappa shape index (κ1) is 11.7. The molecule has 1 amide bonds. The molecule has 0 saturated carbocycles. The minimum Gasteiger partial charge on any atom is -0.394 e. The van der Waals surface area contributed by atoms with E-state index in [0.717, 1.165) is 0 Å². The van der Waals surface area contributed by atoms with Gasteiger partial charge in [0.1, 0.15) is 19.0 Å². The lowest BCUT2D eigenvalue weighted by Crippen LogP contribution is -2.30. The van der Waals surface area contributed by atoms with Crippen LogP contribution in [0.1, 0.15) is 0 Å². The third-order valence-corrected chi connectivity index (χ3v) is 2.10. The molecule has 0 aromatic carbocycles. The number of aliphatic hydroxyl groups is 2. The number of carbonyl (C=O) groups excluding carboxylic acids is 1. The number of hydrogen-bond acceptors (Lipinski definition) is 7. The SMILES string of the molecule is O=C1N=C(COC(CO)CO)N=C2N=CN=C12. The third-order valence-electron chi connectivity index (χ3n) is 2.10. The van der Waals surface area contributed by atoms with Crippen molar-refractivity contribution in [3.8, 4) is 0 Å². The van der Waals surface area contributed by atoms with Crippen LogP contribution >= 0.6 is 0 Å². The molecule has 2 N–H and O–H groups in total. The molecule has 2 aliphatic heterocycles. The molecule has 0 unspecified atom stereocenters. The van der Waals surface area contributed by atoms with Crippen molar-refractivity contribution in [1.82, 2.24) is 0 Å². The predicted molar refractivity (Wildman–Crippen MR) is 59.7 cm³/mol. The van der Waals surface area contributed by atoms with E-state index in [2.05, 4.69) is 20.0 Å². The minimum absolute atomic E-state index is 0.0795. The van der Waals surface area contributed by atoms with Crippen LogP contribution in [0.15, 0.2) is 20.0 Å². The van der Waals surface area contributed by atoms with E-state index >= 15 is 0 Å². The minimum atomic E-state index is -0.713. The van der Waals surface area contributed by atoms with Gasteiger partial charge in [-0.05, 0) is 0 Å². The molecule has 0 spiro atoms. The Hall–Kier alpha value is -1.77. The highest BCUT2D eigenvalue weighted by Crippen LogP contribution is 2.05. The van der Waals surface area contributed by atoms with Gasteiger partial charge in [0.25, 0.3) is 0 Å². The Morgan fingerprint density at radius 3 is 2.76 bits per heavy atom. The van der Waals surface area contributed by atoms with Gasteiger partial charge in [-0.15, -0.1) is 0 Å². The number of carbonyl (C=O) groups is 1. The molecule has 8 nitrogen and oxygen atoms in total. The first-order chi connectivity index (χ1) is 8.24. The van der Waals surface area contributed by atoms with E-state index in [1.165, 1.54) is 6.34 Å². The molecule has 8 heteroatoms. The van der Waals surface area contributed by atoms with Crippen molar-refractivity contribution >= 4 is 29.6 Å². The second-order valence-electron chi connectivity index (χ2n) is 3.29. The number of amides is 1. The maximum Gasteiger partial charge on any atom is 0.301 e. The van der Waals surface area contributed by atoms with Crippen molar-refractivity contribution in [2.75, 3.05) is 19.8 Å². The summed E-state index contributed by atoms with van der Waals surface area (Å²) >= 11 is 0. The summed E-state index contributed by atoms with van der Waals surface area (Å²) in [5, 5.41) is 17.6. The number of amidine groups is 2. The van der Waals surface area contributed by atoms with Crippen LogP contribution in [0.5, 0.6) is 0 Å². The molecule has 2 heterocycles. The van der Waals surface area contributed by atoms with E-state index in [4.69, 9.17) is 14.9 Å². The maximum absolute atomic E-state index is 11.4. The van der Waals surface area contributed by atoms with Crippen molar-refractivity contribution in [1.29, 1.82) is 0 Å². The maximum atomic E-state index is 11.4. The van der Waals surface area contributed by atoms with Crippen molar-refractivity contribution < 1.29 is 19.7 Å². The third kappa shape index (κ3) is 2.49. The lowest BCUT2D eigenvalue weighted by molar-refractivity contribution is -0.111.